The summed E-state index contributed by atoms with van der Waals surface area (Å²) in [6.07, 6.45) is 2.21. The number of thioether (sulfide) groups is 1. The van der Waals surface area contributed by atoms with Crippen LogP contribution in [0.5, 0.6) is 0 Å². The van der Waals surface area contributed by atoms with E-state index in [2.05, 4.69) is 15.5 Å². The summed E-state index contributed by atoms with van der Waals surface area (Å²) in [4.78, 5) is 12.1. The van der Waals surface area contributed by atoms with Crippen molar-refractivity contribution in [2.75, 3.05) is 0 Å². The van der Waals surface area contributed by atoms with Gasteiger partial charge in [-0.15, -0.1) is 5.10 Å². The summed E-state index contributed by atoms with van der Waals surface area (Å²) in [7, 11) is 0. The molecule has 0 radical (unpaired) electrons. The zero-order valence-electron chi connectivity index (χ0n) is 15.3. The summed E-state index contributed by atoms with van der Waals surface area (Å²) >= 11 is 1.40. The second kappa shape index (κ2) is 8.27. The molecule has 1 aromatic heterocycles. The fraction of sp³-hybridized carbons (Fsp3) is 0.136. The van der Waals surface area contributed by atoms with Gasteiger partial charge >= 0.3 is 0 Å². The van der Waals surface area contributed by atoms with Crippen LogP contribution in [0.15, 0.2) is 81.4 Å². The molecule has 0 saturated carbocycles. The first kappa shape index (κ1) is 18.3. The molecule has 3 aromatic rings. The maximum absolute atomic E-state index is 12.1. The number of benzene rings is 2. The summed E-state index contributed by atoms with van der Waals surface area (Å²) in [5.74, 6) is 1.35. The molecule has 28 heavy (non-hydrogen) atoms. The molecule has 140 valence electrons. The van der Waals surface area contributed by atoms with Crippen molar-refractivity contribution < 1.29 is 9.21 Å². The van der Waals surface area contributed by atoms with E-state index < -0.39 is 0 Å². The molecular weight excluding hydrogens is 370 g/mol. The fourth-order valence-corrected chi connectivity index (χ4v) is 3.81. The molecule has 0 unspecified atom stereocenters. The summed E-state index contributed by atoms with van der Waals surface area (Å²) in [5, 5.41) is 11.3. The normalized spacial score (nSPS) is 18.1. The Hall–Kier alpha value is -3.12. The predicted octanol–water partition coefficient (Wildman–Crippen LogP) is 4.42. The maximum atomic E-state index is 12.1. The number of furan rings is 1. The van der Waals surface area contributed by atoms with Crippen molar-refractivity contribution >= 4 is 29.1 Å². The van der Waals surface area contributed by atoms with E-state index in [-0.39, 0.29) is 11.2 Å². The third kappa shape index (κ3) is 4.40. The van der Waals surface area contributed by atoms with Crippen molar-refractivity contribution in [1.82, 2.24) is 5.32 Å². The van der Waals surface area contributed by atoms with Crippen LogP contribution >= 0.6 is 11.8 Å². The first-order valence-electron chi connectivity index (χ1n) is 8.97. The van der Waals surface area contributed by atoms with Crippen LogP contribution in [0.25, 0.3) is 11.3 Å². The number of nitrogens with zero attached hydrogens (tertiary/aromatic N) is 2. The van der Waals surface area contributed by atoms with Gasteiger partial charge in [0.1, 0.15) is 11.5 Å². The van der Waals surface area contributed by atoms with Gasteiger partial charge < -0.3 is 9.73 Å². The second-order valence-corrected chi connectivity index (χ2v) is 7.69. The Bertz CT molecular complexity index is 1020. The lowest BCUT2D eigenvalue weighted by atomic mass is 10.1. The molecule has 0 aliphatic carbocycles. The summed E-state index contributed by atoms with van der Waals surface area (Å²) in [5.41, 5.74) is 3.34. The van der Waals surface area contributed by atoms with Gasteiger partial charge in [-0.3, -0.25) is 4.79 Å². The van der Waals surface area contributed by atoms with E-state index in [0.29, 0.717) is 17.3 Å². The van der Waals surface area contributed by atoms with Gasteiger partial charge in [-0.2, -0.15) is 5.10 Å². The van der Waals surface area contributed by atoms with Gasteiger partial charge in [0.05, 0.1) is 11.5 Å². The van der Waals surface area contributed by atoms with E-state index in [4.69, 9.17) is 4.42 Å². The molecule has 5 nitrogen and oxygen atoms in total. The topological polar surface area (TPSA) is 67.0 Å². The fourth-order valence-electron chi connectivity index (χ4n) is 2.85. The third-order valence-electron chi connectivity index (χ3n) is 4.34. The Morgan fingerprint density at radius 3 is 2.64 bits per heavy atom. The van der Waals surface area contributed by atoms with Gasteiger partial charge in [0.2, 0.25) is 5.91 Å². The summed E-state index contributed by atoms with van der Waals surface area (Å²) in [6, 6.07) is 21.8. The second-order valence-electron chi connectivity index (χ2n) is 6.50. The molecule has 1 amide bonds. The number of amidine groups is 1. The van der Waals surface area contributed by atoms with Gasteiger partial charge in [0, 0.05) is 5.56 Å². The van der Waals surface area contributed by atoms with Gasteiger partial charge in [-0.25, -0.2) is 0 Å². The number of nitrogens with one attached hydrogen (secondary N) is 1. The molecule has 2 heterocycles. The van der Waals surface area contributed by atoms with Gasteiger partial charge in [0.15, 0.2) is 5.17 Å². The van der Waals surface area contributed by atoms with Crippen LogP contribution < -0.4 is 5.32 Å². The van der Waals surface area contributed by atoms with Crippen molar-refractivity contribution in [3.8, 4) is 11.3 Å². The van der Waals surface area contributed by atoms with E-state index in [1.54, 1.807) is 6.21 Å². The average molecular weight is 389 g/mol. The molecule has 1 aliphatic rings. The summed E-state index contributed by atoms with van der Waals surface area (Å²) < 4.78 is 5.78. The molecule has 2 aromatic carbocycles. The monoisotopic (exact) mass is 389 g/mol. The quantitative estimate of drug-likeness (QED) is 0.519. The number of hydrogen-bond acceptors (Lipinski definition) is 5. The van der Waals surface area contributed by atoms with Gasteiger partial charge in [0.25, 0.3) is 0 Å². The summed E-state index contributed by atoms with van der Waals surface area (Å²) in [6.45, 7) is 2.05. The number of amides is 1. The average Bonchev–Trinajstić information content (AvgIpc) is 3.30. The first-order valence-corrected chi connectivity index (χ1v) is 9.85. The zero-order valence-corrected chi connectivity index (χ0v) is 16.1. The number of carbonyl (C=O) groups excluding carboxylic acids is 1. The number of aryl methyl sites for hydroxylation is 1. The van der Waals surface area contributed by atoms with Crippen molar-refractivity contribution in [3.05, 3.63) is 83.6 Å². The number of carbonyl (C=O) groups is 1. The van der Waals surface area contributed by atoms with E-state index in [1.165, 1.54) is 17.3 Å². The largest absolute Gasteiger partial charge is 0.455 e. The highest BCUT2D eigenvalue weighted by molar-refractivity contribution is 8.15. The molecule has 1 atom stereocenters. The van der Waals surface area contributed by atoms with Gasteiger partial charge in [-0.1, -0.05) is 71.9 Å². The minimum Gasteiger partial charge on any atom is -0.455 e. The van der Waals surface area contributed by atoms with E-state index in [9.17, 15) is 4.79 Å². The van der Waals surface area contributed by atoms with E-state index in [1.807, 2.05) is 73.7 Å². The molecule has 6 heteroatoms. The number of rotatable bonds is 5. The Balaban J connectivity index is 1.38. The lowest BCUT2D eigenvalue weighted by Gasteiger charge is -2.04. The van der Waals surface area contributed by atoms with Crippen molar-refractivity contribution in [1.29, 1.82) is 0 Å². The number of hydrogen-bond donors (Lipinski definition) is 1. The van der Waals surface area contributed by atoms with Crippen molar-refractivity contribution in [3.63, 3.8) is 0 Å². The van der Waals surface area contributed by atoms with Crippen LogP contribution in [-0.2, 0) is 11.2 Å². The third-order valence-corrected chi connectivity index (χ3v) is 5.41. The molecule has 1 N–H and O–H groups in total. The van der Waals surface area contributed by atoms with Crippen LogP contribution in [0.4, 0.5) is 0 Å². The molecular formula is C22H19N3O2S. The molecule has 1 saturated heterocycles. The minimum atomic E-state index is -0.187. The predicted molar refractivity (Wildman–Crippen MR) is 114 cm³/mol. The Morgan fingerprint density at radius 1 is 1.07 bits per heavy atom. The molecule has 0 spiro atoms. The van der Waals surface area contributed by atoms with E-state index >= 15 is 0 Å². The van der Waals surface area contributed by atoms with Crippen LogP contribution in [0.1, 0.15) is 16.9 Å². The SMILES string of the molecule is Cc1ccc(-c2ccc(/C=N\N=C3\NC(=O)[C@@H](Cc4ccccc4)S3)o2)cc1. The standard InChI is InChI=1S/C22H19N3O2S/c1-15-7-9-17(10-8-15)19-12-11-18(27-19)14-23-25-22-24-21(26)20(28-22)13-16-5-3-2-4-6-16/h2-12,14,20H,13H2,1H3,(H,24,25,26)/b23-14-/t20-/m1/s1. The zero-order chi connectivity index (χ0) is 19.3. The Kier molecular flexibility index (Phi) is 5.39. The highest BCUT2D eigenvalue weighted by Crippen LogP contribution is 2.24. The van der Waals surface area contributed by atoms with Crippen LogP contribution in [0.3, 0.4) is 0 Å². The molecule has 1 aliphatic heterocycles. The smallest absolute Gasteiger partial charge is 0.239 e. The van der Waals surface area contributed by atoms with E-state index in [0.717, 1.165) is 16.9 Å². The molecule has 4 rings (SSSR count). The van der Waals surface area contributed by atoms with Crippen molar-refractivity contribution in [2.24, 2.45) is 10.2 Å². The first-order chi connectivity index (χ1) is 13.7. The lowest BCUT2D eigenvalue weighted by molar-refractivity contribution is -0.118. The Labute approximate surface area is 167 Å². The lowest BCUT2D eigenvalue weighted by Crippen LogP contribution is -2.25. The highest BCUT2D eigenvalue weighted by atomic mass is 32.2. The van der Waals surface area contributed by atoms with Gasteiger partial charge in [-0.05, 0) is 31.0 Å². The Morgan fingerprint density at radius 2 is 1.86 bits per heavy atom. The molecule has 1 fully saturated rings. The van der Waals surface area contributed by atoms with Crippen molar-refractivity contribution in [2.45, 2.75) is 18.6 Å². The van der Waals surface area contributed by atoms with Crippen LogP contribution in [-0.4, -0.2) is 22.5 Å². The molecule has 0 bridgehead atoms. The minimum absolute atomic E-state index is 0.0394. The van der Waals surface area contributed by atoms with Crippen LogP contribution in [0.2, 0.25) is 0 Å². The maximum Gasteiger partial charge on any atom is 0.239 e. The highest BCUT2D eigenvalue weighted by Gasteiger charge is 2.30. The van der Waals surface area contributed by atoms with Crippen LogP contribution in [0, 0.1) is 6.92 Å².